The summed E-state index contributed by atoms with van der Waals surface area (Å²) in [6.07, 6.45) is 5.97. The molecule has 1 aliphatic heterocycles. The van der Waals surface area contributed by atoms with Gasteiger partial charge in [-0.25, -0.2) is 0 Å². The Bertz CT molecular complexity index is 402. The van der Waals surface area contributed by atoms with Crippen LogP contribution in [0.15, 0.2) is 22.8 Å². The first kappa shape index (κ1) is 12.6. The molecule has 1 aromatic rings. The molecular weight excluding hydrogens is 290 g/mol. The maximum absolute atomic E-state index is 4.64. The molecule has 1 aliphatic carbocycles. The number of rotatable bonds is 4. The van der Waals surface area contributed by atoms with Crippen LogP contribution in [0.2, 0.25) is 0 Å². The van der Waals surface area contributed by atoms with E-state index in [1.807, 2.05) is 13.2 Å². The SMILES string of the molecule is CNCC1CCN(C2CC2)C1c1ccc(Br)cn1. The summed E-state index contributed by atoms with van der Waals surface area (Å²) in [5.41, 5.74) is 1.24. The zero-order valence-electron chi connectivity index (χ0n) is 10.8. The van der Waals surface area contributed by atoms with Crippen molar-refractivity contribution in [3.05, 3.63) is 28.5 Å². The molecule has 0 amide bonds. The minimum absolute atomic E-state index is 0.512. The molecule has 0 aromatic carbocycles. The number of hydrogen-bond donors (Lipinski definition) is 1. The fourth-order valence-corrected chi connectivity index (χ4v) is 3.38. The molecule has 1 N–H and O–H groups in total. The molecule has 3 nitrogen and oxygen atoms in total. The molecule has 18 heavy (non-hydrogen) atoms. The van der Waals surface area contributed by atoms with Crippen LogP contribution in [0.5, 0.6) is 0 Å². The van der Waals surface area contributed by atoms with Crippen LogP contribution in [0.1, 0.15) is 31.0 Å². The van der Waals surface area contributed by atoms with E-state index >= 15 is 0 Å². The van der Waals surface area contributed by atoms with Gasteiger partial charge in [0.15, 0.2) is 0 Å². The number of pyridine rings is 1. The van der Waals surface area contributed by atoms with E-state index in [2.05, 4.69) is 43.3 Å². The molecule has 1 saturated heterocycles. The number of hydrogen-bond acceptors (Lipinski definition) is 3. The highest BCUT2D eigenvalue weighted by Crippen LogP contribution is 2.43. The third-order valence-electron chi connectivity index (χ3n) is 4.10. The van der Waals surface area contributed by atoms with Crippen molar-refractivity contribution >= 4 is 15.9 Å². The van der Waals surface area contributed by atoms with Gasteiger partial charge in [0.25, 0.3) is 0 Å². The van der Waals surface area contributed by atoms with E-state index in [1.54, 1.807) is 0 Å². The Kier molecular flexibility index (Phi) is 3.68. The van der Waals surface area contributed by atoms with Crippen molar-refractivity contribution in [3.8, 4) is 0 Å². The molecule has 1 aromatic heterocycles. The number of nitrogens with zero attached hydrogens (tertiary/aromatic N) is 2. The first-order valence-corrected chi connectivity index (χ1v) is 7.60. The topological polar surface area (TPSA) is 28.2 Å². The van der Waals surface area contributed by atoms with Crippen LogP contribution in [0.4, 0.5) is 0 Å². The Balaban J connectivity index is 1.84. The van der Waals surface area contributed by atoms with Crippen molar-refractivity contribution in [2.45, 2.75) is 31.3 Å². The second kappa shape index (κ2) is 5.27. The molecule has 4 heteroatoms. The number of aromatic nitrogens is 1. The molecule has 98 valence electrons. The van der Waals surface area contributed by atoms with Crippen LogP contribution >= 0.6 is 15.9 Å². The molecule has 0 bridgehead atoms. The van der Waals surface area contributed by atoms with Gasteiger partial charge in [-0.3, -0.25) is 9.88 Å². The maximum atomic E-state index is 4.64. The van der Waals surface area contributed by atoms with Crippen LogP contribution in [0, 0.1) is 5.92 Å². The fraction of sp³-hybridized carbons (Fsp3) is 0.643. The minimum Gasteiger partial charge on any atom is -0.319 e. The van der Waals surface area contributed by atoms with Gasteiger partial charge in [-0.2, -0.15) is 0 Å². The van der Waals surface area contributed by atoms with Crippen LogP contribution in [0.25, 0.3) is 0 Å². The van der Waals surface area contributed by atoms with Crippen LogP contribution in [0.3, 0.4) is 0 Å². The molecule has 2 unspecified atom stereocenters. The molecular formula is C14H20BrN3. The number of halogens is 1. The van der Waals surface area contributed by atoms with Crippen LogP contribution < -0.4 is 5.32 Å². The Morgan fingerprint density at radius 2 is 2.22 bits per heavy atom. The van der Waals surface area contributed by atoms with E-state index in [-0.39, 0.29) is 0 Å². The van der Waals surface area contributed by atoms with Gasteiger partial charge < -0.3 is 5.32 Å². The third-order valence-corrected chi connectivity index (χ3v) is 4.57. The summed E-state index contributed by atoms with van der Waals surface area (Å²) in [4.78, 5) is 7.32. The van der Waals surface area contributed by atoms with Crippen molar-refractivity contribution < 1.29 is 0 Å². The van der Waals surface area contributed by atoms with E-state index in [0.717, 1.165) is 17.1 Å². The summed E-state index contributed by atoms with van der Waals surface area (Å²) in [5.74, 6) is 0.698. The van der Waals surface area contributed by atoms with Crippen molar-refractivity contribution in [2.24, 2.45) is 5.92 Å². The lowest BCUT2D eigenvalue weighted by Gasteiger charge is -2.27. The summed E-state index contributed by atoms with van der Waals surface area (Å²) >= 11 is 3.47. The van der Waals surface area contributed by atoms with Gasteiger partial charge in [0.05, 0.1) is 11.7 Å². The summed E-state index contributed by atoms with van der Waals surface area (Å²) < 4.78 is 1.06. The molecule has 2 aliphatic rings. The second-order valence-electron chi connectivity index (χ2n) is 5.42. The van der Waals surface area contributed by atoms with E-state index in [9.17, 15) is 0 Å². The zero-order valence-corrected chi connectivity index (χ0v) is 12.4. The van der Waals surface area contributed by atoms with Gasteiger partial charge in [-0.05, 0) is 73.4 Å². The Morgan fingerprint density at radius 3 is 2.83 bits per heavy atom. The highest BCUT2D eigenvalue weighted by atomic mass is 79.9. The monoisotopic (exact) mass is 309 g/mol. The lowest BCUT2D eigenvalue weighted by Crippen LogP contribution is -2.31. The van der Waals surface area contributed by atoms with Gasteiger partial charge in [0.1, 0.15) is 0 Å². The summed E-state index contributed by atoms with van der Waals surface area (Å²) in [6.45, 7) is 2.32. The molecule has 1 saturated carbocycles. The Labute approximate surface area is 117 Å². The van der Waals surface area contributed by atoms with E-state index in [0.29, 0.717) is 12.0 Å². The smallest absolute Gasteiger partial charge is 0.0579 e. The second-order valence-corrected chi connectivity index (χ2v) is 6.34. The summed E-state index contributed by atoms with van der Waals surface area (Å²) in [7, 11) is 2.05. The predicted octanol–water partition coefficient (Wildman–Crippen LogP) is 2.59. The van der Waals surface area contributed by atoms with Crippen molar-refractivity contribution in [3.63, 3.8) is 0 Å². The van der Waals surface area contributed by atoms with E-state index in [1.165, 1.54) is 31.5 Å². The molecule has 2 fully saturated rings. The predicted molar refractivity (Wildman–Crippen MR) is 76.4 cm³/mol. The molecule has 0 radical (unpaired) electrons. The quantitative estimate of drug-likeness (QED) is 0.926. The number of nitrogens with one attached hydrogen (secondary N) is 1. The highest BCUT2D eigenvalue weighted by molar-refractivity contribution is 9.10. The molecule has 3 rings (SSSR count). The lowest BCUT2D eigenvalue weighted by atomic mass is 9.97. The van der Waals surface area contributed by atoms with Crippen molar-refractivity contribution in [2.75, 3.05) is 20.1 Å². The normalized spacial score (nSPS) is 28.8. The molecule has 2 atom stereocenters. The van der Waals surface area contributed by atoms with Crippen LogP contribution in [-0.2, 0) is 0 Å². The molecule has 2 heterocycles. The first-order valence-electron chi connectivity index (χ1n) is 6.81. The standard InChI is InChI=1S/C14H20BrN3/c1-16-8-10-6-7-18(12-3-4-12)14(10)13-5-2-11(15)9-17-13/h2,5,9-10,12,14,16H,3-4,6-8H2,1H3. The van der Waals surface area contributed by atoms with E-state index < -0.39 is 0 Å². The average Bonchev–Trinajstić information content (AvgIpc) is 3.13. The van der Waals surface area contributed by atoms with Gasteiger partial charge in [0.2, 0.25) is 0 Å². The highest BCUT2D eigenvalue weighted by Gasteiger charge is 2.42. The zero-order chi connectivity index (χ0) is 12.5. The lowest BCUT2D eigenvalue weighted by molar-refractivity contribution is 0.213. The first-order chi connectivity index (χ1) is 8.79. The van der Waals surface area contributed by atoms with Crippen molar-refractivity contribution in [1.82, 2.24) is 15.2 Å². The largest absolute Gasteiger partial charge is 0.319 e. The van der Waals surface area contributed by atoms with Gasteiger partial charge in [0, 0.05) is 16.7 Å². The maximum Gasteiger partial charge on any atom is 0.0579 e. The van der Waals surface area contributed by atoms with Crippen LogP contribution in [-0.4, -0.2) is 36.1 Å². The Hall–Kier alpha value is -0.450. The average molecular weight is 310 g/mol. The molecule has 0 spiro atoms. The van der Waals surface area contributed by atoms with E-state index in [4.69, 9.17) is 0 Å². The van der Waals surface area contributed by atoms with Gasteiger partial charge in [-0.1, -0.05) is 0 Å². The summed E-state index contributed by atoms with van der Waals surface area (Å²) in [6, 6.07) is 5.63. The Morgan fingerprint density at radius 1 is 1.39 bits per heavy atom. The van der Waals surface area contributed by atoms with Gasteiger partial charge in [-0.15, -0.1) is 0 Å². The summed E-state index contributed by atoms with van der Waals surface area (Å²) in [5, 5.41) is 3.34. The fourth-order valence-electron chi connectivity index (χ4n) is 3.15. The number of likely N-dealkylation sites (tertiary alicyclic amines) is 1. The third kappa shape index (κ3) is 2.46. The van der Waals surface area contributed by atoms with Gasteiger partial charge >= 0.3 is 0 Å². The van der Waals surface area contributed by atoms with Crippen molar-refractivity contribution in [1.29, 1.82) is 0 Å². The minimum atomic E-state index is 0.512.